The van der Waals surface area contributed by atoms with Crippen LogP contribution in [0.5, 0.6) is 0 Å². The Hall–Kier alpha value is -3.01. The molecule has 2 aromatic heterocycles. The smallest absolute Gasteiger partial charge is 0.254 e. The second kappa shape index (κ2) is 7.11. The summed E-state index contributed by atoms with van der Waals surface area (Å²) in [5.74, 6) is 0.707. The first-order chi connectivity index (χ1) is 14.1. The normalized spacial score (nSPS) is 22.4. The lowest BCUT2D eigenvalue weighted by Gasteiger charge is -2.21. The molecule has 2 amide bonds. The van der Waals surface area contributed by atoms with Gasteiger partial charge in [-0.3, -0.25) is 14.9 Å². The highest BCUT2D eigenvalue weighted by Gasteiger charge is 2.27. The van der Waals surface area contributed by atoms with Gasteiger partial charge in [-0.2, -0.15) is 19.6 Å². The first-order valence-corrected chi connectivity index (χ1v) is 10.1. The summed E-state index contributed by atoms with van der Waals surface area (Å²) < 4.78 is 1.69. The molecule has 0 aromatic carbocycles. The fourth-order valence-corrected chi connectivity index (χ4v) is 3.69. The monoisotopic (exact) mass is 396 g/mol. The number of fused-ring (bicyclic) bond motifs is 1. The fourth-order valence-electron chi connectivity index (χ4n) is 3.69. The number of rotatable bonds is 4. The molecular weight excluding hydrogens is 372 g/mol. The Morgan fingerprint density at radius 1 is 1.17 bits per heavy atom. The van der Waals surface area contributed by atoms with E-state index in [4.69, 9.17) is 9.97 Å². The first-order valence-electron chi connectivity index (χ1n) is 10.1. The van der Waals surface area contributed by atoms with E-state index in [2.05, 4.69) is 32.6 Å². The molecule has 10 nitrogen and oxygen atoms in total. The molecule has 0 atom stereocenters. The quantitative estimate of drug-likeness (QED) is 0.560. The molecule has 2 saturated heterocycles. The van der Waals surface area contributed by atoms with Crippen LogP contribution in [0.2, 0.25) is 0 Å². The van der Waals surface area contributed by atoms with Crippen LogP contribution in [0.1, 0.15) is 31.2 Å². The highest BCUT2D eigenvalue weighted by Crippen LogP contribution is 2.27. The van der Waals surface area contributed by atoms with Gasteiger partial charge in [-0.15, -0.1) is 0 Å². The molecule has 152 valence electrons. The van der Waals surface area contributed by atoms with Crippen molar-refractivity contribution in [3.05, 3.63) is 17.3 Å². The van der Waals surface area contributed by atoms with Crippen LogP contribution in [0.3, 0.4) is 0 Å². The Balaban J connectivity index is 1.56. The molecule has 1 saturated carbocycles. The van der Waals surface area contributed by atoms with Crippen LogP contribution >= 0.6 is 0 Å². The minimum Gasteiger partial charge on any atom is -0.351 e. The van der Waals surface area contributed by atoms with Gasteiger partial charge in [-0.05, 0) is 38.9 Å². The number of aromatic nitrogens is 4. The summed E-state index contributed by atoms with van der Waals surface area (Å²) in [5, 5.41) is 10.2. The van der Waals surface area contributed by atoms with Crippen molar-refractivity contribution >= 4 is 35.4 Å². The van der Waals surface area contributed by atoms with E-state index in [1.54, 1.807) is 16.8 Å². The fraction of sp³-hybridized carbons (Fsp3) is 0.526. The number of likely N-dealkylation sites (N-methyl/N-ethyl adjacent to an activating group) is 1. The molecular formula is C19H24N8O2. The highest BCUT2D eigenvalue weighted by molar-refractivity contribution is 6.15. The first kappa shape index (κ1) is 18.0. The van der Waals surface area contributed by atoms with E-state index in [1.807, 2.05) is 0 Å². The summed E-state index contributed by atoms with van der Waals surface area (Å²) in [6.07, 6.45) is 6.75. The highest BCUT2D eigenvalue weighted by atomic mass is 16.2. The molecule has 3 aliphatic rings. The van der Waals surface area contributed by atoms with E-state index in [-0.39, 0.29) is 18.2 Å². The second-order valence-electron chi connectivity index (χ2n) is 7.97. The lowest BCUT2D eigenvalue weighted by atomic mass is 10.1. The predicted molar refractivity (Wildman–Crippen MR) is 107 cm³/mol. The topological polar surface area (TPSA) is 108 Å². The number of amides is 2. The third kappa shape index (κ3) is 3.67. The maximum Gasteiger partial charge on any atom is 0.254 e. The molecule has 1 aliphatic carbocycles. The average Bonchev–Trinajstić information content (AvgIpc) is 3.38. The third-order valence-corrected chi connectivity index (χ3v) is 5.52. The summed E-state index contributed by atoms with van der Waals surface area (Å²) in [7, 11) is 2.13. The van der Waals surface area contributed by atoms with Gasteiger partial charge in [0.05, 0.1) is 12.6 Å². The van der Waals surface area contributed by atoms with Crippen molar-refractivity contribution in [3.63, 3.8) is 0 Å². The maximum absolute atomic E-state index is 12.0. The minimum atomic E-state index is -0.351. The van der Waals surface area contributed by atoms with Crippen LogP contribution in [0, 0.1) is 0 Å². The number of nitrogens with zero attached hydrogens (tertiary/aromatic N) is 6. The molecule has 5 rings (SSSR count). The van der Waals surface area contributed by atoms with Crippen molar-refractivity contribution in [2.45, 2.75) is 31.7 Å². The molecule has 2 N–H and O–H groups in total. The van der Waals surface area contributed by atoms with Gasteiger partial charge in [0.15, 0.2) is 5.65 Å². The van der Waals surface area contributed by atoms with E-state index >= 15 is 0 Å². The zero-order chi connectivity index (χ0) is 20.0. The van der Waals surface area contributed by atoms with Crippen molar-refractivity contribution in [3.8, 4) is 0 Å². The van der Waals surface area contributed by atoms with Crippen molar-refractivity contribution < 1.29 is 9.59 Å². The van der Waals surface area contributed by atoms with Crippen LogP contribution in [0.4, 0.5) is 11.9 Å². The Morgan fingerprint density at radius 2 is 2.03 bits per heavy atom. The maximum atomic E-state index is 12.0. The zero-order valence-electron chi connectivity index (χ0n) is 16.4. The third-order valence-electron chi connectivity index (χ3n) is 5.52. The van der Waals surface area contributed by atoms with Gasteiger partial charge in [0.1, 0.15) is 0 Å². The zero-order valence-corrected chi connectivity index (χ0v) is 16.4. The number of carbonyl (C=O) groups excluding carboxylic acids is 2. The summed E-state index contributed by atoms with van der Waals surface area (Å²) in [5.41, 5.74) is 1.77. The number of nitrogens with one attached hydrogen (secondary N) is 2. The Morgan fingerprint density at radius 3 is 2.79 bits per heavy atom. The van der Waals surface area contributed by atoms with Crippen molar-refractivity contribution in [1.82, 2.24) is 29.8 Å². The van der Waals surface area contributed by atoms with Gasteiger partial charge in [0, 0.05) is 36.8 Å². The predicted octanol–water partition coefficient (Wildman–Crippen LogP) is 0.270. The minimum absolute atomic E-state index is 0.0831. The number of imide groups is 1. The van der Waals surface area contributed by atoms with E-state index in [1.165, 1.54) is 0 Å². The molecule has 0 bridgehead atoms. The average molecular weight is 396 g/mol. The molecule has 0 spiro atoms. The Labute approximate surface area is 168 Å². The Kier molecular flexibility index (Phi) is 4.42. The van der Waals surface area contributed by atoms with Gasteiger partial charge in [-0.25, -0.2) is 0 Å². The molecule has 0 unspecified atom stereocenters. The lowest BCUT2D eigenvalue weighted by Crippen LogP contribution is -2.30. The second-order valence-corrected chi connectivity index (χ2v) is 7.97. The number of hydrogen-bond acceptors (Lipinski definition) is 8. The van der Waals surface area contributed by atoms with Gasteiger partial charge in [-0.1, -0.05) is 0 Å². The number of anilines is 2. The summed E-state index contributed by atoms with van der Waals surface area (Å²) in [6, 6.07) is 0.417. The summed E-state index contributed by atoms with van der Waals surface area (Å²) >= 11 is 0. The van der Waals surface area contributed by atoms with E-state index < -0.39 is 0 Å². The summed E-state index contributed by atoms with van der Waals surface area (Å²) in [4.78, 5) is 37.6. The van der Waals surface area contributed by atoms with Crippen LogP contribution < -0.4 is 15.5 Å². The van der Waals surface area contributed by atoms with Gasteiger partial charge >= 0.3 is 0 Å². The molecule has 0 radical (unpaired) electrons. The lowest BCUT2D eigenvalue weighted by molar-refractivity contribution is -0.124. The molecule has 2 aliphatic heterocycles. The van der Waals surface area contributed by atoms with Gasteiger partial charge < -0.3 is 15.1 Å². The van der Waals surface area contributed by atoms with Crippen molar-refractivity contribution in [1.29, 1.82) is 0 Å². The number of carbonyl (C=O) groups is 2. The van der Waals surface area contributed by atoms with Gasteiger partial charge in [0.2, 0.25) is 17.8 Å². The van der Waals surface area contributed by atoms with Crippen molar-refractivity contribution in [2.24, 2.45) is 0 Å². The summed E-state index contributed by atoms with van der Waals surface area (Å²) in [6.45, 7) is 3.76. The van der Waals surface area contributed by atoms with Crippen LogP contribution in [0.15, 0.2) is 11.8 Å². The van der Waals surface area contributed by atoms with E-state index in [0.717, 1.165) is 45.4 Å². The van der Waals surface area contributed by atoms with Gasteiger partial charge in [0.25, 0.3) is 5.91 Å². The molecule has 10 heteroatoms. The van der Waals surface area contributed by atoms with Crippen molar-refractivity contribution in [2.75, 3.05) is 43.4 Å². The Bertz CT molecular complexity index is 1010. The molecule has 2 aromatic rings. The van der Waals surface area contributed by atoms with E-state index in [9.17, 15) is 9.59 Å². The SMILES string of the molecule is CN1CCCN(c2nc(NC3CC3)n3ncc(/C=C4\CC(=O)NC4=O)c3n2)CC1. The standard InChI is InChI=1S/C19H24N8O2/c1-25-5-2-6-26(8-7-25)18-23-16-13(9-12-10-15(28)22-17(12)29)11-20-27(16)19(24-18)21-14-3-4-14/h9,11,14H,2-8,10H2,1H3,(H,21,23,24)(H,22,28,29)/b12-9+. The van der Waals surface area contributed by atoms with Crippen LogP contribution in [-0.4, -0.2) is 75.6 Å². The molecule has 29 heavy (non-hydrogen) atoms. The van der Waals surface area contributed by atoms with E-state index in [0.29, 0.717) is 34.7 Å². The molecule has 4 heterocycles. The van der Waals surface area contributed by atoms with Crippen LogP contribution in [-0.2, 0) is 9.59 Å². The largest absolute Gasteiger partial charge is 0.351 e. The van der Waals surface area contributed by atoms with Crippen LogP contribution in [0.25, 0.3) is 11.7 Å². The number of hydrogen-bond donors (Lipinski definition) is 2. The molecule has 3 fully saturated rings.